The van der Waals surface area contributed by atoms with Gasteiger partial charge in [-0.05, 0) is 0 Å². The van der Waals surface area contributed by atoms with E-state index < -0.39 is 15.2 Å². The molecule has 0 aromatic heterocycles. The van der Waals surface area contributed by atoms with Crippen molar-refractivity contribution in [3.05, 3.63) is 0 Å². The van der Waals surface area contributed by atoms with Crippen molar-refractivity contribution in [2.45, 2.75) is 0 Å². The minimum atomic E-state index is -1.79. The van der Waals surface area contributed by atoms with Crippen molar-refractivity contribution in [1.82, 2.24) is 5.32 Å². The predicted molar refractivity (Wildman–Crippen MR) is 32.7 cm³/mol. The molecule has 0 unspecified atom stereocenters. The van der Waals surface area contributed by atoms with Gasteiger partial charge in [0.05, 0.1) is 0 Å². The zero-order valence-corrected chi connectivity index (χ0v) is 8.36. The summed E-state index contributed by atoms with van der Waals surface area (Å²) in [6.45, 7) is 0. The first kappa shape index (κ1) is 11.8. The molecule has 0 aromatic rings. The first-order valence-corrected chi connectivity index (χ1v) is 9.42. The number of carbonyl (C=O) groups excluding carboxylic acids is 1. The van der Waals surface area contributed by atoms with Gasteiger partial charge in [0.1, 0.15) is 0 Å². The molecule has 0 bridgehead atoms. The van der Waals surface area contributed by atoms with E-state index in [9.17, 15) is 0 Å². The SMILES string of the molecule is CNC=O.[Cl][Au]([Cl])[Cl]. The third-order valence-electron chi connectivity index (χ3n) is 0.118. The summed E-state index contributed by atoms with van der Waals surface area (Å²) in [6, 6.07) is 0. The molecule has 0 aliphatic carbocycles. The van der Waals surface area contributed by atoms with Crippen molar-refractivity contribution in [3.8, 4) is 0 Å². The van der Waals surface area contributed by atoms with Gasteiger partial charge in [0, 0.05) is 7.05 Å². The molecule has 0 aliphatic heterocycles. The summed E-state index contributed by atoms with van der Waals surface area (Å²) in [5.74, 6) is 0. The molecule has 0 atom stereocenters. The zero-order valence-electron chi connectivity index (χ0n) is 3.92. The Morgan fingerprint density at radius 1 is 1.50 bits per heavy atom. The number of hydrogen-bond donors (Lipinski definition) is 1. The molecule has 56 valence electrons. The molecule has 2 nitrogen and oxygen atoms in total. The normalized spacial score (nSPS) is 8.25. The van der Waals surface area contributed by atoms with Crippen molar-refractivity contribution >= 4 is 34.0 Å². The Balaban J connectivity index is 0. The first-order valence-electron chi connectivity index (χ1n) is 1.37. The number of hydrogen-bond acceptors (Lipinski definition) is 1. The topological polar surface area (TPSA) is 29.1 Å². The van der Waals surface area contributed by atoms with Gasteiger partial charge in [-0.3, -0.25) is 4.79 Å². The average molecular weight is 362 g/mol. The van der Waals surface area contributed by atoms with Crippen LogP contribution in [0.3, 0.4) is 0 Å². The van der Waals surface area contributed by atoms with Gasteiger partial charge in [0.2, 0.25) is 6.41 Å². The van der Waals surface area contributed by atoms with Crippen LogP contribution >= 0.6 is 27.6 Å². The molecule has 0 aliphatic rings. The van der Waals surface area contributed by atoms with E-state index >= 15 is 0 Å². The third kappa shape index (κ3) is 60.5. The quantitative estimate of drug-likeness (QED) is 0.555. The third-order valence-corrected chi connectivity index (χ3v) is 0.118. The average Bonchev–Trinajstić information content (AvgIpc) is 1.65. The number of halogens is 3. The van der Waals surface area contributed by atoms with E-state index in [0.29, 0.717) is 6.41 Å². The fourth-order valence-electron chi connectivity index (χ4n) is 0. The monoisotopic (exact) mass is 361 g/mol. The van der Waals surface area contributed by atoms with E-state index in [4.69, 9.17) is 32.4 Å². The molecule has 0 rings (SSSR count). The van der Waals surface area contributed by atoms with Crippen LogP contribution < -0.4 is 5.32 Å². The second kappa shape index (κ2) is 11.0. The summed E-state index contributed by atoms with van der Waals surface area (Å²) >= 11 is -1.79. The van der Waals surface area contributed by atoms with Gasteiger partial charge < -0.3 is 5.32 Å². The summed E-state index contributed by atoms with van der Waals surface area (Å²) in [6.07, 6.45) is 0.625. The van der Waals surface area contributed by atoms with Gasteiger partial charge in [-0.15, -0.1) is 0 Å². The van der Waals surface area contributed by atoms with Crippen LogP contribution in [0.25, 0.3) is 0 Å². The standard InChI is InChI=1S/C2H5NO.Au.3ClH/c1-3-2-4;;;;/h2H,1H3,(H,3,4);;3*1H/q;+3;;;/p-3. The van der Waals surface area contributed by atoms with Crippen LogP contribution in [0.2, 0.25) is 0 Å². The Morgan fingerprint density at radius 3 is 1.62 bits per heavy atom. The second-order valence-electron chi connectivity index (χ2n) is 0.536. The molecular formula is C2H5AuCl3NO. The Bertz CT molecular complexity index is 49.8. The predicted octanol–water partition coefficient (Wildman–Crippen LogP) is 1.43. The van der Waals surface area contributed by atoms with Crippen LogP contribution in [0.1, 0.15) is 0 Å². The Morgan fingerprint density at radius 2 is 1.62 bits per heavy atom. The molecule has 1 N–H and O–H groups in total. The van der Waals surface area contributed by atoms with Crippen molar-refractivity contribution in [3.63, 3.8) is 0 Å². The minimum absolute atomic E-state index is 0.625. The van der Waals surface area contributed by atoms with Crippen LogP contribution in [0, 0.1) is 0 Å². The van der Waals surface area contributed by atoms with Crippen molar-refractivity contribution in [2.75, 3.05) is 7.05 Å². The molecule has 0 heterocycles. The van der Waals surface area contributed by atoms with Gasteiger partial charge >= 0.3 is 42.8 Å². The van der Waals surface area contributed by atoms with Crippen molar-refractivity contribution < 1.29 is 20.0 Å². The fourth-order valence-corrected chi connectivity index (χ4v) is 0. The molecule has 0 saturated heterocycles. The number of rotatable bonds is 1. The molecule has 0 fully saturated rings. The van der Waals surface area contributed by atoms with Gasteiger partial charge in [-0.1, -0.05) is 0 Å². The molecule has 0 saturated carbocycles. The van der Waals surface area contributed by atoms with E-state index in [1.807, 2.05) is 0 Å². The molecule has 0 radical (unpaired) electrons. The fraction of sp³-hybridized carbons (Fsp3) is 0.500. The molecular weight excluding hydrogens is 357 g/mol. The summed E-state index contributed by atoms with van der Waals surface area (Å²) in [5, 5.41) is 2.25. The first-order chi connectivity index (χ1) is 3.65. The molecule has 6 heteroatoms. The van der Waals surface area contributed by atoms with E-state index in [1.54, 1.807) is 7.05 Å². The summed E-state index contributed by atoms with van der Waals surface area (Å²) < 4.78 is 0. The Hall–Kier alpha value is 1.08. The van der Waals surface area contributed by atoms with Crippen LogP contribution in [0.5, 0.6) is 0 Å². The second-order valence-corrected chi connectivity index (χ2v) is 9.93. The maximum absolute atomic E-state index is 9.06. The Kier molecular flexibility index (Phi) is 16.2. The molecule has 8 heavy (non-hydrogen) atoms. The zero-order chi connectivity index (χ0) is 6.99. The summed E-state index contributed by atoms with van der Waals surface area (Å²) in [4.78, 5) is 9.06. The van der Waals surface area contributed by atoms with E-state index in [-0.39, 0.29) is 0 Å². The van der Waals surface area contributed by atoms with Crippen LogP contribution in [-0.2, 0) is 20.0 Å². The number of carbonyl (C=O) groups is 1. The van der Waals surface area contributed by atoms with Gasteiger partial charge in [0.15, 0.2) is 0 Å². The maximum atomic E-state index is 9.06. The van der Waals surface area contributed by atoms with Crippen molar-refractivity contribution in [1.29, 1.82) is 0 Å². The van der Waals surface area contributed by atoms with E-state index in [1.165, 1.54) is 0 Å². The molecule has 1 amide bonds. The van der Waals surface area contributed by atoms with Crippen LogP contribution in [0.4, 0.5) is 0 Å². The molecule has 0 spiro atoms. The molecule has 0 aromatic carbocycles. The van der Waals surface area contributed by atoms with E-state index in [0.717, 1.165) is 0 Å². The van der Waals surface area contributed by atoms with Crippen molar-refractivity contribution in [2.24, 2.45) is 0 Å². The van der Waals surface area contributed by atoms with Gasteiger partial charge in [-0.2, -0.15) is 0 Å². The summed E-state index contributed by atoms with van der Waals surface area (Å²) in [7, 11) is 16.4. The van der Waals surface area contributed by atoms with Gasteiger partial charge in [-0.25, -0.2) is 0 Å². The number of nitrogens with one attached hydrogen (secondary N) is 1. The Labute approximate surface area is 66.1 Å². The van der Waals surface area contributed by atoms with Gasteiger partial charge in [0.25, 0.3) is 0 Å². The number of amides is 1. The van der Waals surface area contributed by atoms with Crippen LogP contribution in [-0.4, -0.2) is 13.5 Å². The van der Waals surface area contributed by atoms with Crippen LogP contribution in [0.15, 0.2) is 0 Å². The van der Waals surface area contributed by atoms with E-state index in [2.05, 4.69) is 5.32 Å². The summed E-state index contributed by atoms with van der Waals surface area (Å²) in [5.41, 5.74) is 0.